The van der Waals surface area contributed by atoms with E-state index in [0.29, 0.717) is 5.92 Å². The van der Waals surface area contributed by atoms with Crippen molar-refractivity contribution in [1.82, 2.24) is 29.2 Å². The number of nitrogens with zero attached hydrogens (tertiary/aromatic N) is 6. The average Bonchev–Trinajstić information content (AvgIpc) is 3.55. The van der Waals surface area contributed by atoms with Gasteiger partial charge in [0.25, 0.3) is 0 Å². The molecule has 0 bridgehead atoms. The van der Waals surface area contributed by atoms with Crippen LogP contribution in [0.1, 0.15) is 54.5 Å². The average molecular weight is 545 g/mol. The van der Waals surface area contributed by atoms with Gasteiger partial charge in [-0.1, -0.05) is 30.3 Å². The molecule has 1 atom stereocenters. The topological polar surface area (TPSA) is 51.8 Å². The molecule has 6 nitrogen and oxygen atoms in total. The molecule has 0 N–H and O–H groups in total. The van der Waals surface area contributed by atoms with Gasteiger partial charge in [0.2, 0.25) is 0 Å². The fourth-order valence-corrected chi connectivity index (χ4v) is 6.34. The largest absolute Gasteiger partial charge is 0.319 e. The fraction of sp³-hybridized carbons (Fsp3) is 0.265. The Morgan fingerprint density at radius 2 is 1.73 bits per heavy atom. The molecule has 3 aromatic heterocycles. The van der Waals surface area contributed by atoms with Crippen LogP contribution in [-0.4, -0.2) is 42.3 Å². The number of imidazole rings is 1. The minimum Gasteiger partial charge on any atom is -0.319 e. The van der Waals surface area contributed by atoms with Gasteiger partial charge in [-0.2, -0.15) is 5.10 Å². The molecule has 1 saturated heterocycles. The van der Waals surface area contributed by atoms with E-state index in [4.69, 9.17) is 10.1 Å². The second kappa shape index (κ2) is 10.6. The summed E-state index contributed by atoms with van der Waals surface area (Å²) < 4.78 is 18.1. The number of piperidine rings is 1. The van der Waals surface area contributed by atoms with Crippen molar-refractivity contribution in [2.45, 2.75) is 45.2 Å². The summed E-state index contributed by atoms with van der Waals surface area (Å²) in [5.74, 6) is 1.32. The van der Waals surface area contributed by atoms with Crippen LogP contribution in [0.2, 0.25) is 0 Å². The normalized spacial score (nSPS) is 15.6. The van der Waals surface area contributed by atoms with Crippen LogP contribution in [0.3, 0.4) is 0 Å². The number of aromatic nitrogens is 5. The van der Waals surface area contributed by atoms with E-state index in [1.165, 1.54) is 29.0 Å². The lowest BCUT2D eigenvalue weighted by atomic mass is 9.95. The third-order valence-electron chi connectivity index (χ3n) is 8.47. The smallest absolute Gasteiger partial charge is 0.125 e. The minimum absolute atomic E-state index is 0.111. The number of likely N-dealkylation sites (tertiary alicyclic amines) is 1. The highest BCUT2D eigenvalue weighted by molar-refractivity contribution is 5.84. The van der Waals surface area contributed by atoms with E-state index < -0.39 is 0 Å². The van der Waals surface area contributed by atoms with E-state index >= 15 is 0 Å². The number of rotatable bonds is 6. The van der Waals surface area contributed by atoms with E-state index in [0.717, 1.165) is 66.0 Å². The Morgan fingerprint density at radius 1 is 0.902 bits per heavy atom. The predicted molar refractivity (Wildman–Crippen MR) is 161 cm³/mol. The monoisotopic (exact) mass is 544 g/mol. The first-order valence-electron chi connectivity index (χ1n) is 14.4. The van der Waals surface area contributed by atoms with Crippen molar-refractivity contribution in [3.05, 3.63) is 120 Å². The Balaban J connectivity index is 1.10. The number of benzene rings is 3. The van der Waals surface area contributed by atoms with E-state index in [-0.39, 0.29) is 11.9 Å². The Bertz CT molecular complexity index is 1830. The molecule has 7 rings (SSSR count). The first kappa shape index (κ1) is 25.6. The van der Waals surface area contributed by atoms with E-state index in [2.05, 4.69) is 76.0 Å². The Hall–Kier alpha value is -4.36. The number of pyridine rings is 1. The number of halogens is 1. The SMILES string of the molecule is Cc1nn(-c2cccc(F)c2)c2ccc(CN3CCC(c4nc5ccccc5n4C(C)c4ccccn4)CC3)cc12. The van der Waals surface area contributed by atoms with Crippen LogP contribution in [-0.2, 0) is 6.54 Å². The molecule has 1 unspecified atom stereocenters. The zero-order valence-corrected chi connectivity index (χ0v) is 23.4. The van der Waals surface area contributed by atoms with E-state index in [9.17, 15) is 4.39 Å². The maximum absolute atomic E-state index is 13.9. The van der Waals surface area contributed by atoms with Crippen LogP contribution in [0.15, 0.2) is 91.1 Å². The highest BCUT2D eigenvalue weighted by Crippen LogP contribution is 2.34. The van der Waals surface area contributed by atoms with Gasteiger partial charge < -0.3 is 4.57 Å². The number of hydrogen-bond acceptors (Lipinski definition) is 4. The summed E-state index contributed by atoms with van der Waals surface area (Å²) in [4.78, 5) is 12.4. The second-order valence-corrected chi connectivity index (χ2v) is 11.1. The molecule has 0 saturated carbocycles. The molecule has 1 aliphatic heterocycles. The van der Waals surface area contributed by atoms with Crippen molar-refractivity contribution in [1.29, 1.82) is 0 Å². The third kappa shape index (κ3) is 4.80. The molecule has 6 aromatic rings. The van der Waals surface area contributed by atoms with Crippen molar-refractivity contribution >= 4 is 21.9 Å². The zero-order chi connectivity index (χ0) is 27.9. The molecule has 0 amide bonds. The van der Waals surface area contributed by atoms with Gasteiger partial charge in [0.05, 0.1) is 39.7 Å². The summed E-state index contributed by atoms with van der Waals surface area (Å²) in [7, 11) is 0. The maximum atomic E-state index is 13.9. The molecule has 1 fully saturated rings. The van der Waals surface area contributed by atoms with Gasteiger partial charge in [-0.25, -0.2) is 14.1 Å². The summed E-state index contributed by atoms with van der Waals surface area (Å²) in [6.45, 7) is 7.18. The third-order valence-corrected chi connectivity index (χ3v) is 8.47. The van der Waals surface area contributed by atoms with Crippen molar-refractivity contribution < 1.29 is 4.39 Å². The highest BCUT2D eigenvalue weighted by atomic mass is 19.1. The molecule has 0 spiro atoms. The van der Waals surface area contributed by atoms with Crippen molar-refractivity contribution in [2.75, 3.05) is 13.1 Å². The van der Waals surface area contributed by atoms with Gasteiger partial charge >= 0.3 is 0 Å². The lowest BCUT2D eigenvalue weighted by Crippen LogP contribution is -2.33. The lowest BCUT2D eigenvalue weighted by Gasteiger charge is -2.32. The van der Waals surface area contributed by atoms with Crippen LogP contribution in [0, 0.1) is 12.7 Å². The van der Waals surface area contributed by atoms with E-state index in [1.807, 2.05) is 29.9 Å². The standard InChI is InChI=1S/C34H33FN6/c1-23-29-20-25(13-14-32(29)41(38-23)28-9-7-8-27(35)21-28)22-39-18-15-26(16-19-39)34-37-31-11-3-4-12-33(31)40(34)24(2)30-10-5-6-17-36-30/h3-14,17,20-21,24,26H,15-16,18-19,22H2,1-2H3. The van der Waals surface area contributed by atoms with Crippen molar-refractivity contribution in [3.63, 3.8) is 0 Å². The minimum atomic E-state index is -0.259. The quantitative estimate of drug-likeness (QED) is 0.222. The van der Waals surface area contributed by atoms with Crippen LogP contribution in [0.25, 0.3) is 27.6 Å². The summed E-state index contributed by atoms with van der Waals surface area (Å²) in [6, 6.07) is 27.8. The zero-order valence-electron chi connectivity index (χ0n) is 23.4. The highest BCUT2D eigenvalue weighted by Gasteiger charge is 2.28. The van der Waals surface area contributed by atoms with Crippen LogP contribution >= 0.6 is 0 Å². The van der Waals surface area contributed by atoms with Gasteiger partial charge in [-0.05, 0) is 99.9 Å². The summed E-state index contributed by atoms with van der Waals surface area (Å²) in [5.41, 5.74) is 7.24. The molecule has 4 heterocycles. The van der Waals surface area contributed by atoms with Gasteiger partial charge in [0.1, 0.15) is 11.6 Å². The molecule has 1 aliphatic rings. The Labute approximate surface area is 239 Å². The van der Waals surface area contributed by atoms with Crippen molar-refractivity contribution in [3.8, 4) is 5.69 Å². The van der Waals surface area contributed by atoms with Gasteiger partial charge in [-0.15, -0.1) is 0 Å². The molecule has 0 radical (unpaired) electrons. The molecule has 0 aliphatic carbocycles. The Morgan fingerprint density at radius 3 is 2.54 bits per heavy atom. The summed E-state index contributed by atoms with van der Waals surface area (Å²) in [6.07, 6.45) is 4.00. The molecular weight excluding hydrogens is 511 g/mol. The van der Waals surface area contributed by atoms with Crippen LogP contribution in [0.5, 0.6) is 0 Å². The van der Waals surface area contributed by atoms with Crippen LogP contribution < -0.4 is 0 Å². The predicted octanol–water partition coefficient (Wildman–Crippen LogP) is 7.21. The fourth-order valence-electron chi connectivity index (χ4n) is 6.34. The lowest BCUT2D eigenvalue weighted by molar-refractivity contribution is 0.200. The van der Waals surface area contributed by atoms with Crippen LogP contribution in [0.4, 0.5) is 4.39 Å². The molecular formula is C34H33FN6. The molecule has 7 heteroatoms. The Kier molecular flexibility index (Phi) is 6.59. The second-order valence-electron chi connectivity index (χ2n) is 11.1. The molecule has 3 aromatic carbocycles. The molecule has 41 heavy (non-hydrogen) atoms. The first-order chi connectivity index (χ1) is 20.0. The van der Waals surface area contributed by atoms with Crippen molar-refractivity contribution in [2.24, 2.45) is 0 Å². The van der Waals surface area contributed by atoms with Gasteiger partial charge in [0, 0.05) is 24.0 Å². The number of fused-ring (bicyclic) bond motifs is 2. The maximum Gasteiger partial charge on any atom is 0.125 e. The van der Waals surface area contributed by atoms with Gasteiger partial charge in [-0.3, -0.25) is 9.88 Å². The van der Waals surface area contributed by atoms with Gasteiger partial charge in [0.15, 0.2) is 0 Å². The van der Waals surface area contributed by atoms with E-state index in [1.54, 1.807) is 6.07 Å². The number of aryl methyl sites for hydroxylation is 1. The number of hydrogen-bond donors (Lipinski definition) is 0. The first-order valence-corrected chi connectivity index (χ1v) is 14.4. The summed E-state index contributed by atoms with van der Waals surface area (Å²) >= 11 is 0. The number of para-hydroxylation sites is 2. The summed E-state index contributed by atoms with van der Waals surface area (Å²) in [5, 5.41) is 5.83. The molecule has 206 valence electrons.